The van der Waals surface area contributed by atoms with Gasteiger partial charge < -0.3 is 10.1 Å². The van der Waals surface area contributed by atoms with Crippen molar-refractivity contribution < 1.29 is 17.9 Å². The fourth-order valence-electron chi connectivity index (χ4n) is 3.32. The lowest BCUT2D eigenvalue weighted by Crippen LogP contribution is -2.42. The normalized spacial score (nSPS) is 16.2. The van der Waals surface area contributed by atoms with Gasteiger partial charge in [0, 0.05) is 38.9 Å². The standard InChI is InChI=1S/C21H28N4O4S/c1-16(18-5-3-4-17(12-18)15-25-10-8-22-9-11-25)30(27,28)24-14-20-7-6-19(13-23-20)21(26)29-2/h3-7,12-13,16,22,24H,8-11,14-15H2,1-2H3. The van der Waals surface area contributed by atoms with Crippen molar-refractivity contribution in [3.05, 3.63) is 65.0 Å². The van der Waals surface area contributed by atoms with Gasteiger partial charge >= 0.3 is 5.97 Å². The highest BCUT2D eigenvalue weighted by Crippen LogP contribution is 2.23. The molecule has 0 radical (unpaired) electrons. The van der Waals surface area contributed by atoms with E-state index in [1.54, 1.807) is 19.1 Å². The number of carbonyl (C=O) groups is 1. The van der Waals surface area contributed by atoms with Gasteiger partial charge in [0.2, 0.25) is 10.0 Å². The van der Waals surface area contributed by atoms with Crippen LogP contribution in [-0.4, -0.2) is 57.6 Å². The van der Waals surface area contributed by atoms with E-state index in [9.17, 15) is 13.2 Å². The lowest BCUT2D eigenvalue weighted by molar-refractivity contribution is 0.0600. The topological polar surface area (TPSA) is 101 Å². The molecule has 2 heterocycles. The average molecular weight is 433 g/mol. The van der Waals surface area contributed by atoms with Gasteiger partial charge in [0.15, 0.2) is 0 Å². The van der Waals surface area contributed by atoms with Crippen molar-refractivity contribution >= 4 is 16.0 Å². The highest BCUT2D eigenvalue weighted by atomic mass is 32.2. The zero-order valence-electron chi connectivity index (χ0n) is 17.3. The summed E-state index contributed by atoms with van der Waals surface area (Å²) < 4.78 is 32.8. The quantitative estimate of drug-likeness (QED) is 0.609. The average Bonchev–Trinajstić information content (AvgIpc) is 2.78. The molecule has 1 fully saturated rings. The third-order valence-electron chi connectivity index (χ3n) is 5.20. The fourth-order valence-corrected chi connectivity index (χ4v) is 4.42. The summed E-state index contributed by atoms with van der Waals surface area (Å²) in [6.45, 7) is 6.47. The summed E-state index contributed by atoms with van der Waals surface area (Å²) in [5, 5.41) is 2.63. The number of piperazine rings is 1. The van der Waals surface area contributed by atoms with Crippen molar-refractivity contribution in [1.29, 1.82) is 0 Å². The predicted molar refractivity (Wildman–Crippen MR) is 114 cm³/mol. The third-order valence-corrected chi connectivity index (χ3v) is 6.95. The number of aromatic nitrogens is 1. The number of pyridine rings is 1. The molecule has 162 valence electrons. The van der Waals surface area contributed by atoms with Crippen molar-refractivity contribution in [2.75, 3.05) is 33.3 Å². The molecule has 9 heteroatoms. The number of nitrogens with zero attached hydrogens (tertiary/aromatic N) is 2. The molecule has 0 saturated carbocycles. The van der Waals surface area contributed by atoms with Crippen LogP contribution in [0, 0.1) is 0 Å². The predicted octanol–water partition coefficient (Wildman–Crippen LogP) is 1.45. The van der Waals surface area contributed by atoms with Gasteiger partial charge in [-0.05, 0) is 30.2 Å². The summed E-state index contributed by atoms with van der Waals surface area (Å²) in [6, 6.07) is 10.9. The van der Waals surface area contributed by atoms with Gasteiger partial charge in [0.05, 0.1) is 30.2 Å². The van der Waals surface area contributed by atoms with Crippen LogP contribution in [0.15, 0.2) is 42.6 Å². The van der Waals surface area contributed by atoms with Crippen LogP contribution >= 0.6 is 0 Å². The molecule has 1 saturated heterocycles. The van der Waals surface area contributed by atoms with E-state index in [1.807, 2.05) is 24.3 Å². The van der Waals surface area contributed by atoms with Crippen LogP contribution in [0.25, 0.3) is 0 Å². The van der Waals surface area contributed by atoms with Crippen LogP contribution in [-0.2, 0) is 27.8 Å². The van der Waals surface area contributed by atoms with E-state index in [0.717, 1.165) is 43.9 Å². The lowest BCUT2D eigenvalue weighted by atomic mass is 10.1. The molecule has 8 nitrogen and oxygen atoms in total. The zero-order chi connectivity index (χ0) is 21.6. The van der Waals surface area contributed by atoms with E-state index < -0.39 is 21.2 Å². The molecule has 3 rings (SSSR count). The molecule has 2 N–H and O–H groups in total. The maximum Gasteiger partial charge on any atom is 0.339 e. The van der Waals surface area contributed by atoms with Crippen LogP contribution in [0.5, 0.6) is 0 Å². The van der Waals surface area contributed by atoms with E-state index in [2.05, 4.69) is 24.7 Å². The molecule has 0 aliphatic carbocycles. The fraction of sp³-hybridized carbons (Fsp3) is 0.429. The summed E-state index contributed by atoms with van der Waals surface area (Å²) in [7, 11) is -2.30. The molecule has 0 spiro atoms. The van der Waals surface area contributed by atoms with E-state index in [0.29, 0.717) is 11.3 Å². The van der Waals surface area contributed by atoms with Crippen LogP contribution in [0.2, 0.25) is 0 Å². The van der Waals surface area contributed by atoms with Crippen molar-refractivity contribution in [2.24, 2.45) is 0 Å². The van der Waals surface area contributed by atoms with Crippen LogP contribution in [0.1, 0.15) is 39.4 Å². The smallest absolute Gasteiger partial charge is 0.339 e. The first-order chi connectivity index (χ1) is 14.4. The van der Waals surface area contributed by atoms with Gasteiger partial charge in [-0.3, -0.25) is 9.88 Å². The van der Waals surface area contributed by atoms with Gasteiger partial charge in [-0.1, -0.05) is 24.3 Å². The maximum absolute atomic E-state index is 12.8. The minimum atomic E-state index is -3.60. The van der Waals surface area contributed by atoms with Gasteiger partial charge in [-0.2, -0.15) is 0 Å². The highest BCUT2D eigenvalue weighted by molar-refractivity contribution is 7.89. The molecule has 1 atom stereocenters. The monoisotopic (exact) mass is 432 g/mol. The Kier molecular flexibility index (Phi) is 7.54. The number of esters is 1. The number of benzene rings is 1. The number of methoxy groups -OCH3 is 1. The second-order valence-corrected chi connectivity index (χ2v) is 9.40. The Hall–Kier alpha value is -2.33. The Morgan fingerprint density at radius 3 is 2.70 bits per heavy atom. The van der Waals surface area contributed by atoms with Gasteiger partial charge in [0.1, 0.15) is 0 Å². The molecule has 1 unspecified atom stereocenters. The number of ether oxygens (including phenoxy) is 1. The molecule has 2 aromatic rings. The number of nitrogens with one attached hydrogen (secondary N) is 2. The maximum atomic E-state index is 12.8. The van der Waals surface area contributed by atoms with E-state index in [1.165, 1.54) is 13.3 Å². The van der Waals surface area contributed by atoms with Crippen molar-refractivity contribution in [3.63, 3.8) is 0 Å². The number of hydrogen-bond acceptors (Lipinski definition) is 7. The molecule has 30 heavy (non-hydrogen) atoms. The Morgan fingerprint density at radius 2 is 2.03 bits per heavy atom. The number of sulfonamides is 1. The van der Waals surface area contributed by atoms with Gasteiger partial charge in [-0.25, -0.2) is 17.9 Å². The highest BCUT2D eigenvalue weighted by Gasteiger charge is 2.23. The number of hydrogen-bond donors (Lipinski definition) is 2. The van der Waals surface area contributed by atoms with E-state index in [4.69, 9.17) is 0 Å². The molecular weight excluding hydrogens is 404 g/mol. The first-order valence-electron chi connectivity index (χ1n) is 9.92. The molecule has 0 amide bonds. The summed E-state index contributed by atoms with van der Waals surface area (Å²) in [5.74, 6) is -0.482. The summed E-state index contributed by atoms with van der Waals surface area (Å²) in [6.07, 6.45) is 1.37. The minimum Gasteiger partial charge on any atom is -0.465 e. The molecular formula is C21H28N4O4S. The van der Waals surface area contributed by atoms with Crippen LogP contribution in [0.4, 0.5) is 0 Å². The third kappa shape index (κ3) is 5.85. The number of rotatable bonds is 8. The van der Waals surface area contributed by atoms with Gasteiger partial charge in [0.25, 0.3) is 0 Å². The first-order valence-corrected chi connectivity index (χ1v) is 11.5. The van der Waals surface area contributed by atoms with Crippen molar-refractivity contribution in [2.45, 2.75) is 25.3 Å². The van der Waals surface area contributed by atoms with E-state index >= 15 is 0 Å². The molecule has 1 aliphatic rings. The second kappa shape index (κ2) is 10.1. The SMILES string of the molecule is COC(=O)c1ccc(CNS(=O)(=O)C(C)c2cccc(CN3CCNCC3)c2)nc1. The largest absolute Gasteiger partial charge is 0.465 e. The minimum absolute atomic E-state index is 0.0502. The molecule has 0 bridgehead atoms. The summed E-state index contributed by atoms with van der Waals surface area (Å²) in [4.78, 5) is 17.9. The number of carbonyl (C=O) groups excluding carboxylic acids is 1. The Morgan fingerprint density at radius 1 is 1.27 bits per heavy atom. The van der Waals surface area contributed by atoms with Crippen molar-refractivity contribution in [3.8, 4) is 0 Å². The lowest BCUT2D eigenvalue weighted by Gasteiger charge is -2.27. The van der Waals surface area contributed by atoms with E-state index in [-0.39, 0.29) is 6.54 Å². The molecule has 1 aromatic carbocycles. The first kappa shape index (κ1) is 22.4. The Balaban J connectivity index is 1.62. The Labute approximate surface area is 177 Å². The molecule has 1 aromatic heterocycles. The van der Waals surface area contributed by atoms with Crippen molar-refractivity contribution in [1.82, 2.24) is 19.9 Å². The van der Waals surface area contributed by atoms with Crippen LogP contribution in [0.3, 0.4) is 0 Å². The Bertz CT molecular complexity index is 957. The summed E-state index contributed by atoms with van der Waals surface area (Å²) >= 11 is 0. The zero-order valence-corrected chi connectivity index (χ0v) is 18.1. The van der Waals surface area contributed by atoms with Crippen LogP contribution < -0.4 is 10.0 Å². The van der Waals surface area contributed by atoms with Gasteiger partial charge in [-0.15, -0.1) is 0 Å². The summed E-state index contributed by atoms with van der Waals surface area (Å²) in [5.41, 5.74) is 2.70. The molecule has 1 aliphatic heterocycles. The second-order valence-electron chi connectivity index (χ2n) is 7.31.